The fourth-order valence-electron chi connectivity index (χ4n) is 3.75. The van der Waals surface area contributed by atoms with Crippen molar-refractivity contribution in [1.82, 2.24) is 14.8 Å². The lowest BCUT2D eigenvalue weighted by Gasteiger charge is -2.44. The highest BCUT2D eigenvalue weighted by Crippen LogP contribution is 2.40. The van der Waals surface area contributed by atoms with Crippen LogP contribution in [0.2, 0.25) is 0 Å². The van der Waals surface area contributed by atoms with Crippen molar-refractivity contribution in [2.24, 2.45) is 5.73 Å². The summed E-state index contributed by atoms with van der Waals surface area (Å²) in [5.74, 6) is 2.31. The molecule has 0 radical (unpaired) electrons. The number of hydrogen-bond donors (Lipinski definition) is 2. The molecular formula is C19H32N4O2S. The second kappa shape index (κ2) is 9.24. The zero-order valence-electron chi connectivity index (χ0n) is 15.9. The summed E-state index contributed by atoms with van der Waals surface area (Å²) in [6.07, 6.45) is 7.50. The molecule has 3 N–H and O–H groups in total. The first-order chi connectivity index (χ1) is 12.7. The van der Waals surface area contributed by atoms with E-state index < -0.39 is 0 Å². The van der Waals surface area contributed by atoms with Gasteiger partial charge in [-0.3, -0.25) is 4.79 Å². The summed E-state index contributed by atoms with van der Waals surface area (Å²) in [7, 11) is 0. The third kappa shape index (κ3) is 4.81. The number of piperidine rings is 1. The molecule has 7 heteroatoms. The molecule has 1 saturated heterocycles. The predicted molar refractivity (Wildman–Crippen MR) is 105 cm³/mol. The Morgan fingerprint density at radius 1 is 1.35 bits per heavy atom. The minimum atomic E-state index is -0.0976. The monoisotopic (exact) mass is 380 g/mol. The van der Waals surface area contributed by atoms with E-state index in [9.17, 15) is 4.79 Å². The van der Waals surface area contributed by atoms with Crippen LogP contribution < -0.4 is 11.1 Å². The van der Waals surface area contributed by atoms with Crippen molar-refractivity contribution >= 4 is 17.9 Å². The van der Waals surface area contributed by atoms with Gasteiger partial charge in [0.1, 0.15) is 5.76 Å². The molecule has 3 rings (SSSR count). The van der Waals surface area contributed by atoms with Crippen LogP contribution in [0.5, 0.6) is 0 Å². The van der Waals surface area contributed by atoms with Crippen molar-refractivity contribution in [3.63, 3.8) is 0 Å². The van der Waals surface area contributed by atoms with Crippen LogP contribution in [0.4, 0.5) is 0 Å². The van der Waals surface area contributed by atoms with Crippen molar-refractivity contribution in [3.8, 4) is 0 Å². The number of nitrogens with two attached hydrogens (primary N) is 1. The fourth-order valence-corrected chi connectivity index (χ4v) is 5.15. The number of rotatable bonds is 9. The Hall–Kier alpha value is -1.05. The van der Waals surface area contributed by atoms with Crippen molar-refractivity contribution in [1.29, 1.82) is 0 Å². The number of aromatic nitrogens is 1. The maximum absolute atomic E-state index is 12.6. The molecule has 2 aliphatic rings. The number of hydrogen-bond acceptors (Lipinski definition) is 6. The third-order valence-corrected chi connectivity index (χ3v) is 6.81. The van der Waals surface area contributed by atoms with Crippen molar-refractivity contribution in [2.75, 3.05) is 12.3 Å². The van der Waals surface area contributed by atoms with Gasteiger partial charge in [-0.15, -0.1) is 0 Å². The lowest BCUT2D eigenvalue weighted by atomic mass is 9.91. The number of amides is 1. The summed E-state index contributed by atoms with van der Waals surface area (Å²) in [6, 6.07) is 2.99. The Morgan fingerprint density at radius 2 is 2.04 bits per heavy atom. The standard InChI is InChI=1S/C19H32N4O2S/c1-3-15-10-14(11-16(4-2)23(15)26-9-5-8-20)21-19(24)17-12-18(25-22-17)13-6-7-13/h12-16H,3-11,20H2,1-2H3,(H,21,24). The Labute approximate surface area is 160 Å². The average molecular weight is 381 g/mol. The summed E-state index contributed by atoms with van der Waals surface area (Å²) in [6.45, 7) is 5.21. The van der Waals surface area contributed by atoms with E-state index in [1.165, 1.54) is 0 Å². The molecular weight excluding hydrogens is 348 g/mol. The van der Waals surface area contributed by atoms with E-state index in [2.05, 4.69) is 28.6 Å². The first kappa shape index (κ1) is 19.7. The van der Waals surface area contributed by atoms with Gasteiger partial charge < -0.3 is 15.6 Å². The molecule has 0 bridgehead atoms. The fraction of sp³-hybridized carbons (Fsp3) is 0.789. The summed E-state index contributed by atoms with van der Waals surface area (Å²) in [5, 5.41) is 7.18. The lowest BCUT2D eigenvalue weighted by molar-refractivity contribution is 0.0875. The van der Waals surface area contributed by atoms with Gasteiger partial charge in [-0.05, 0) is 51.5 Å². The van der Waals surface area contributed by atoms with Gasteiger partial charge in [0, 0.05) is 35.9 Å². The predicted octanol–water partition coefficient (Wildman–Crippen LogP) is 3.30. The minimum Gasteiger partial charge on any atom is -0.360 e. The maximum Gasteiger partial charge on any atom is 0.273 e. The summed E-state index contributed by atoms with van der Waals surface area (Å²) >= 11 is 1.93. The third-order valence-electron chi connectivity index (χ3n) is 5.44. The topological polar surface area (TPSA) is 84.4 Å². The first-order valence-corrected chi connectivity index (χ1v) is 11.0. The van der Waals surface area contributed by atoms with Gasteiger partial charge >= 0.3 is 0 Å². The molecule has 0 spiro atoms. The average Bonchev–Trinajstić information content (AvgIpc) is 3.38. The van der Waals surface area contributed by atoms with Crippen LogP contribution in [0, 0.1) is 0 Å². The van der Waals surface area contributed by atoms with E-state index in [0.717, 1.165) is 63.0 Å². The van der Waals surface area contributed by atoms with Crippen LogP contribution in [0.1, 0.15) is 81.0 Å². The van der Waals surface area contributed by atoms with Crippen LogP contribution in [-0.2, 0) is 0 Å². The number of carbonyl (C=O) groups excluding carboxylic acids is 1. The Bertz CT molecular complexity index is 576. The highest BCUT2D eigenvalue weighted by molar-refractivity contribution is 7.97. The smallest absolute Gasteiger partial charge is 0.273 e. The molecule has 1 aliphatic heterocycles. The van der Waals surface area contributed by atoms with Gasteiger partial charge in [0.2, 0.25) is 0 Å². The Kier molecular flexibility index (Phi) is 7.00. The summed E-state index contributed by atoms with van der Waals surface area (Å²) in [4.78, 5) is 12.6. The molecule has 2 heterocycles. The zero-order valence-corrected chi connectivity index (χ0v) is 16.8. The van der Waals surface area contributed by atoms with Gasteiger partial charge in [-0.2, -0.15) is 0 Å². The largest absolute Gasteiger partial charge is 0.360 e. The van der Waals surface area contributed by atoms with Gasteiger partial charge in [-0.1, -0.05) is 31.0 Å². The number of nitrogens with zero attached hydrogens (tertiary/aromatic N) is 2. The second-order valence-corrected chi connectivity index (χ2v) is 8.58. The molecule has 26 heavy (non-hydrogen) atoms. The minimum absolute atomic E-state index is 0.0976. The molecule has 2 atom stereocenters. The molecule has 1 saturated carbocycles. The number of carbonyl (C=O) groups is 1. The summed E-state index contributed by atoms with van der Waals surface area (Å²) < 4.78 is 7.89. The van der Waals surface area contributed by atoms with Gasteiger partial charge in [0.15, 0.2) is 5.69 Å². The highest BCUT2D eigenvalue weighted by Gasteiger charge is 2.35. The normalized spacial score (nSPS) is 26.8. The van der Waals surface area contributed by atoms with Crippen LogP contribution >= 0.6 is 11.9 Å². The molecule has 0 aromatic carbocycles. The quantitative estimate of drug-likeness (QED) is 0.505. The van der Waals surface area contributed by atoms with E-state index in [1.54, 1.807) is 0 Å². The highest BCUT2D eigenvalue weighted by atomic mass is 32.2. The molecule has 2 fully saturated rings. The molecule has 1 aliphatic carbocycles. The van der Waals surface area contributed by atoms with Crippen LogP contribution in [-0.4, -0.2) is 45.8 Å². The van der Waals surface area contributed by atoms with Gasteiger partial charge in [-0.25, -0.2) is 4.31 Å². The van der Waals surface area contributed by atoms with Crippen LogP contribution in [0.25, 0.3) is 0 Å². The van der Waals surface area contributed by atoms with Crippen molar-refractivity contribution in [3.05, 3.63) is 17.5 Å². The van der Waals surface area contributed by atoms with E-state index in [-0.39, 0.29) is 11.9 Å². The van der Waals surface area contributed by atoms with E-state index >= 15 is 0 Å². The maximum atomic E-state index is 12.6. The van der Waals surface area contributed by atoms with Crippen molar-refractivity contribution < 1.29 is 9.32 Å². The second-order valence-electron chi connectivity index (χ2n) is 7.49. The lowest BCUT2D eigenvalue weighted by Crippen LogP contribution is -2.52. The Morgan fingerprint density at radius 3 is 2.62 bits per heavy atom. The van der Waals surface area contributed by atoms with Crippen molar-refractivity contribution in [2.45, 2.75) is 82.8 Å². The summed E-state index contributed by atoms with van der Waals surface area (Å²) in [5.41, 5.74) is 6.07. The molecule has 2 unspecified atom stereocenters. The van der Waals surface area contributed by atoms with Crippen LogP contribution in [0.15, 0.2) is 10.6 Å². The van der Waals surface area contributed by atoms with Gasteiger partial charge in [0.25, 0.3) is 5.91 Å². The molecule has 6 nitrogen and oxygen atoms in total. The SMILES string of the molecule is CCC1CC(NC(=O)c2cc(C3CC3)on2)CC(CC)N1SCCCN. The molecule has 1 aromatic heterocycles. The Balaban J connectivity index is 1.58. The number of nitrogens with one attached hydrogen (secondary N) is 1. The van der Waals surface area contributed by atoms with E-state index in [0.29, 0.717) is 23.7 Å². The van der Waals surface area contributed by atoms with Crippen LogP contribution in [0.3, 0.4) is 0 Å². The molecule has 146 valence electrons. The molecule has 1 aromatic rings. The van der Waals surface area contributed by atoms with E-state index in [1.807, 2.05) is 18.0 Å². The van der Waals surface area contributed by atoms with Gasteiger partial charge in [0.05, 0.1) is 0 Å². The molecule has 1 amide bonds. The van der Waals surface area contributed by atoms with E-state index in [4.69, 9.17) is 10.3 Å². The first-order valence-electron chi connectivity index (χ1n) is 10.0. The zero-order chi connectivity index (χ0) is 18.5.